The second-order valence-corrected chi connectivity index (χ2v) is 5.99. The summed E-state index contributed by atoms with van der Waals surface area (Å²) in [7, 11) is 0. The van der Waals surface area contributed by atoms with E-state index in [-0.39, 0.29) is 24.3 Å². The molecule has 0 aliphatic carbocycles. The molecule has 1 aromatic rings. The third kappa shape index (κ3) is 5.16. The lowest BCUT2D eigenvalue weighted by Crippen LogP contribution is -2.37. The first-order chi connectivity index (χ1) is 11.0. The molecule has 1 fully saturated rings. The molecule has 0 saturated carbocycles. The van der Waals surface area contributed by atoms with Crippen molar-refractivity contribution in [3.05, 3.63) is 29.8 Å². The van der Waals surface area contributed by atoms with Gasteiger partial charge in [-0.2, -0.15) is 0 Å². The van der Waals surface area contributed by atoms with Gasteiger partial charge in [-0.15, -0.1) is 0 Å². The molecule has 1 aliphatic heterocycles. The van der Waals surface area contributed by atoms with E-state index in [1.165, 1.54) is 6.07 Å². The summed E-state index contributed by atoms with van der Waals surface area (Å²) in [6, 6.07) is 3.25. The van der Waals surface area contributed by atoms with Crippen molar-refractivity contribution in [1.29, 1.82) is 0 Å². The SMILES string of the molecule is CC(O)CC1CCCN1C(=O)CCCOc1ccc(F)cc1F. The van der Waals surface area contributed by atoms with E-state index in [0.29, 0.717) is 19.3 Å². The van der Waals surface area contributed by atoms with E-state index >= 15 is 0 Å². The Morgan fingerprint density at radius 3 is 2.96 bits per heavy atom. The molecular weight excluding hydrogens is 304 g/mol. The molecule has 2 rings (SSSR count). The first kappa shape index (κ1) is 17.7. The molecule has 1 aliphatic rings. The van der Waals surface area contributed by atoms with Gasteiger partial charge in [-0.05, 0) is 44.7 Å². The van der Waals surface area contributed by atoms with Crippen molar-refractivity contribution in [2.45, 2.75) is 51.2 Å². The third-order valence-electron chi connectivity index (χ3n) is 4.00. The van der Waals surface area contributed by atoms with E-state index in [1.807, 2.05) is 4.90 Å². The van der Waals surface area contributed by atoms with Gasteiger partial charge in [-0.1, -0.05) is 0 Å². The highest BCUT2D eigenvalue weighted by molar-refractivity contribution is 5.76. The van der Waals surface area contributed by atoms with Crippen LogP contribution in [0.5, 0.6) is 5.75 Å². The molecule has 6 heteroatoms. The summed E-state index contributed by atoms with van der Waals surface area (Å²) in [5, 5.41) is 9.48. The molecule has 128 valence electrons. The Hall–Kier alpha value is -1.69. The molecule has 0 bridgehead atoms. The van der Waals surface area contributed by atoms with Crippen molar-refractivity contribution < 1.29 is 23.4 Å². The highest BCUT2D eigenvalue weighted by Gasteiger charge is 2.28. The predicted octanol–water partition coefficient (Wildman–Crippen LogP) is 2.89. The molecule has 4 nitrogen and oxygen atoms in total. The number of likely N-dealkylation sites (tertiary alicyclic amines) is 1. The van der Waals surface area contributed by atoms with Crippen LogP contribution in [0.25, 0.3) is 0 Å². The second kappa shape index (κ2) is 8.24. The average molecular weight is 327 g/mol. The molecule has 0 radical (unpaired) electrons. The summed E-state index contributed by atoms with van der Waals surface area (Å²) in [6.07, 6.45) is 2.85. The number of benzene rings is 1. The normalized spacial score (nSPS) is 19.0. The van der Waals surface area contributed by atoms with Crippen molar-refractivity contribution in [3.8, 4) is 5.75 Å². The number of rotatable bonds is 7. The van der Waals surface area contributed by atoms with Gasteiger partial charge >= 0.3 is 0 Å². The number of aliphatic hydroxyl groups is 1. The van der Waals surface area contributed by atoms with Crippen LogP contribution in [0.1, 0.15) is 39.0 Å². The Bertz CT molecular complexity index is 537. The molecule has 23 heavy (non-hydrogen) atoms. The van der Waals surface area contributed by atoms with Crippen molar-refractivity contribution in [3.63, 3.8) is 0 Å². The lowest BCUT2D eigenvalue weighted by molar-refractivity contribution is -0.132. The van der Waals surface area contributed by atoms with Crippen LogP contribution in [0.15, 0.2) is 18.2 Å². The molecule has 0 spiro atoms. The molecule has 2 unspecified atom stereocenters. The fourth-order valence-corrected chi connectivity index (χ4v) is 2.94. The van der Waals surface area contributed by atoms with E-state index in [9.17, 15) is 18.7 Å². The summed E-state index contributed by atoms with van der Waals surface area (Å²) in [4.78, 5) is 14.0. The Morgan fingerprint density at radius 1 is 1.48 bits per heavy atom. The van der Waals surface area contributed by atoms with Gasteiger partial charge < -0.3 is 14.7 Å². The summed E-state index contributed by atoms with van der Waals surface area (Å²) in [5.41, 5.74) is 0. The zero-order valence-electron chi connectivity index (χ0n) is 13.3. The minimum absolute atomic E-state index is 0.00740. The number of hydrogen-bond acceptors (Lipinski definition) is 3. The number of halogens is 2. The van der Waals surface area contributed by atoms with Crippen molar-refractivity contribution in [2.75, 3.05) is 13.2 Å². The quantitative estimate of drug-likeness (QED) is 0.784. The largest absolute Gasteiger partial charge is 0.491 e. The van der Waals surface area contributed by atoms with Crippen LogP contribution in [0.2, 0.25) is 0 Å². The molecule has 1 amide bonds. The van der Waals surface area contributed by atoms with Crippen molar-refractivity contribution in [1.82, 2.24) is 4.90 Å². The minimum Gasteiger partial charge on any atom is -0.491 e. The van der Waals surface area contributed by atoms with Crippen LogP contribution in [-0.4, -0.2) is 41.2 Å². The van der Waals surface area contributed by atoms with E-state index in [0.717, 1.165) is 31.5 Å². The van der Waals surface area contributed by atoms with Gasteiger partial charge in [0.2, 0.25) is 5.91 Å². The maximum atomic E-state index is 13.4. The lowest BCUT2D eigenvalue weighted by Gasteiger charge is -2.25. The molecule has 2 atom stereocenters. The second-order valence-electron chi connectivity index (χ2n) is 5.99. The fourth-order valence-electron chi connectivity index (χ4n) is 2.94. The zero-order chi connectivity index (χ0) is 16.8. The number of ether oxygens (including phenoxy) is 1. The third-order valence-corrected chi connectivity index (χ3v) is 4.00. The number of hydrogen-bond donors (Lipinski definition) is 1. The fraction of sp³-hybridized carbons (Fsp3) is 0.588. The summed E-state index contributed by atoms with van der Waals surface area (Å²) in [5.74, 6) is -1.36. The van der Waals surface area contributed by atoms with Gasteiger partial charge in [0.1, 0.15) is 5.82 Å². The van der Waals surface area contributed by atoms with Crippen LogP contribution in [0, 0.1) is 11.6 Å². The maximum Gasteiger partial charge on any atom is 0.222 e. The molecule has 1 aromatic carbocycles. The number of nitrogens with zero attached hydrogens (tertiary/aromatic N) is 1. The Labute approximate surface area is 135 Å². The van der Waals surface area contributed by atoms with Crippen molar-refractivity contribution >= 4 is 5.91 Å². The van der Waals surface area contributed by atoms with Gasteiger partial charge in [0.05, 0.1) is 12.7 Å². The van der Waals surface area contributed by atoms with Crippen LogP contribution in [0.3, 0.4) is 0 Å². The molecule has 0 aromatic heterocycles. The predicted molar refractivity (Wildman–Crippen MR) is 82.1 cm³/mol. The molecule has 1 heterocycles. The van der Waals surface area contributed by atoms with E-state index in [2.05, 4.69) is 0 Å². The smallest absolute Gasteiger partial charge is 0.222 e. The van der Waals surface area contributed by atoms with Gasteiger partial charge in [0.25, 0.3) is 0 Å². The summed E-state index contributed by atoms with van der Waals surface area (Å²) >= 11 is 0. The number of carbonyl (C=O) groups is 1. The Kier molecular flexibility index (Phi) is 6.33. The first-order valence-electron chi connectivity index (χ1n) is 8.02. The van der Waals surface area contributed by atoms with Crippen LogP contribution < -0.4 is 4.74 Å². The molecule has 1 saturated heterocycles. The Balaban J connectivity index is 1.74. The average Bonchev–Trinajstić information content (AvgIpc) is 2.92. The van der Waals surface area contributed by atoms with E-state index < -0.39 is 17.7 Å². The maximum absolute atomic E-state index is 13.4. The number of aliphatic hydroxyl groups excluding tert-OH is 1. The van der Waals surface area contributed by atoms with Gasteiger partial charge in [-0.3, -0.25) is 4.79 Å². The topological polar surface area (TPSA) is 49.8 Å². The number of carbonyl (C=O) groups excluding carboxylic acids is 1. The lowest BCUT2D eigenvalue weighted by atomic mass is 10.1. The molecule has 1 N–H and O–H groups in total. The molecular formula is C17H23F2NO3. The first-order valence-corrected chi connectivity index (χ1v) is 8.02. The minimum atomic E-state index is -0.743. The highest BCUT2D eigenvalue weighted by atomic mass is 19.1. The van der Waals surface area contributed by atoms with Crippen LogP contribution >= 0.6 is 0 Å². The van der Waals surface area contributed by atoms with E-state index in [1.54, 1.807) is 6.92 Å². The standard InChI is InChI=1S/C17H23F2NO3/c1-12(21)10-14-4-2-8-20(14)17(22)5-3-9-23-16-7-6-13(18)11-15(16)19/h6-7,11-12,14,21H,2-5,8-10H2,1H3. The number of amides is 1. The van der Waals surface area contributed by atoms with Gasteiger partial charge in [0, 0.05) is 25.1 Å². The summed E-state index contributed by atoms with van der Waals surface area (Å²) in [6.45, 7) is 2.65. The van der Waals surface area contributed by atoms with Gasteiger partial charge in [0.15, 0.2) is 11.6 Å². The monoisotopic (exact) mass is 327 g/mol. The summed E-state index contributed by atoms with van der Waals surface area (Å²) < 4.78 is 31.4. The van der Waals surface area contributed by atoms with E-state index in [4.69, 9.17) is 4.74 Å². The van der Waals surface area contributed by atoms with Crippen molar-refractivity contribution in [2.24, 2.45) is 0 Å². The van der Waals surface area contributed by atoms with Gasteiger partial charge in [-0.25, -0.2) is 8.78 Å². The van der Waals surface area contributed by atoms with Crippen LogP contribution in [0.4, 0.5) is 8.78 Å². The van der Waals surface area contributed by atoms with Crippen LogP contribution in [-0.2, 0) is 4.79 Å². The Morgan fingerprint density at radius 2 is 2.26 bits per heavy atom. The highest BCUT2D eigenvalue weighted by Crippen LogP contribution is 2.23. The zero-order valence-corrected chi connectivity index (χ0v) is 13.3.